The van der Waals surface area contributed by atoms with Crippen molar-refractivity contribution in [3.05, 3.63) is 65.8 Å². The zero-order chi connectivity index (χ0) is 17.3. The molecule has 124 valence electrons. The van der Waals surface area contributed by atoms with E-state index in [1.54, 1.807) is 18.3 Å². The van der Waals surface area contributed by atoms with E-state index in [9.17, 15) is 18.0 Å². The lowest BCUT2D eigenvalue weighted by Gasteiger charge is -2.09. The molecule has 8 heteroatoms. The largest absolute Gasteiger partial charge is 0.462 e. The lowest BCUT2D eigenvalue weighted by Crippen LogP contribution is -2.10. The van der Waals surface area contributed by atoms with Crippen molar-refractivity contribution in [3.63, 3.8) is 0 Å². The zero-order valence-electron chi connectivity index (χ0n) is 12.1. The number of alkyl halides is 3. The van der Waals surface area contributed by atoms with Gasteiger partial charge >= 0.3 is 5.51 Å². The molecule has 0 bridgehead atoms. The van der Waals surface area contributed by atoms with Crippen molar-refractivity contribution in [1.82, 2.24) is 4.98 Å². The molecule has 1 unspecified atom stereocenters. The van der Waals surface area contributed by atoms with Gasteiger partial charge < -0.3 is 10.5 Å². The molecule has 2 N–H and O–H groups in total. The number of hydrogen-bond donors (Lipinski definition) is 1. The van der Waals surface area contributed by atoms with E-state index in [4.69, 9.17) is 10.5 Å². The fourth-order valence-electron chi connectivity index (χ4n) is 2.38. The number of ether oxygens (including phenoxy) is 1. The van der Waals surface area contributed by atoms with Crippen LogP contribution in [0.3, 0.4) is 0 Å². The summed E-state index contributed by atoms with van der Waals surface area (Å²) in [5.41, 5.74) is 2.28. The number of Topliss-reactive ketones (excluding diaryl/α,β-unsaturated/α-hetero) is 1. The molecule has 1 aromatic carbocycles. The molecule has 0 fully saturated rings. The maximum absolute atomic E-state index is 12.6. The summed E-state index contributed by atoms with van der Waals surface area (Å²) in [5, 5.41) is 0. The maximum atomic E-state index is 12.6. The van der Waals surface area contributed by atoms with E-state index < -0.39 is 17.4 Å². The van der Waals surface area contributed by atoms with Gasteiger partial charge in [0.25, 0.3) is 0 Å². The molecule has 0 saturated carbocycles. The molecule has 2 heterocycles. The van der Waals surface area contributed by atoms with Gasteiger partial charge in [-0.15, -0.1) is 0 Å². The van der Waals surface area contributed by atoms with Gasteiger partial charge in [-0.05, 0) is 35.5 Å². The van der Waals surface area contributed by atoms with E-state index in [0.717, 1.165) is 0 Å². The van der Waals surface area contributed by atoms with Crippen molar-refractivity contribution < 1.29 is 22.7 Å². The number of carbonyl (C=O) groups is 1. The van der Waals surface area contributed by atoms with Crippen LogP contribution in [0.25, 0.3) is 5.57 Å². The van der Waals surface area contributed by atoms with Gasteiger partial charge in [-0.1, -0.05) is 18.2 Å². The number of aromatic nitrogens is 1. The Morgan fingerprint density at radius 3 is 2.67 bits per heavy atom. The highest BCUT2D eigenvalue weighted by molar-refractivity contribution is 8.00. The number of nitrogens with zero attached hydrogens (tertiary/aromatic N) is 1. The lowest BCUT2D eigenvalue weighted by atomic mass is 9.98. The average Bonchev–Trinajstić information content (AvgIpc) is 2.81. The first-order chi connectivity index (χ1) is 11.3. The van der Waals surface area contributed by atoms with Crippen molar-refractivity contribution in [1.29, 1.82) is 0 Å². The molecule has 0 spiro atoms. The molecule has 1 aliphatic heterocycles. The first-order valence-electron chi connectivity index (χ1n) is 6.82. The summed E-state index contributed by atoms with van der Waals surface area (Å²) in [5.74, 6) is -0.516. The standard InChI is InChI=1S/C16H11F3N2O2S/c17-16(18,19)24-11-5-1-3-9(7-11)12-13(22)14(23-15(12)20)10-4-2-6-21-8-10/h1-8,14H,20H2. The predicted octanol–water partition coefficient (Wildman–Crippen LogP) is 3.66. The van der Waals surface area contributed by atoms with Gasteiger partial charge in [0.1, 0.15) is 0 Å². The minimum absolute atomic E-state index is 0.0297. The number of hydrogen-bond acceptors (Lipinski definition) is 5. The van der Waals surface area contributed by atoms with Crippen LogP contribution in [0.2, 0.25) is 0 Å². The van der Waals surface area contributed by atoms with E-state index in [-0.39, 0.29) is 33.7 Å². The smallest absolute Gasteiger partial charge is 0.446 e. The second-order valence-electron chi connectivity index (χ2n) is 4.96. The third-order valence-electron chi connectivity index (χ3n) is 3.32. The number of nitrogens with two attached hydrogens (primary N) is 1. The van der Waals surface area contributed by atoms with E-state index in [2.05, 4.69) is 4.98 Å². The molecule has 1 atom stereocenters. The molecule has 24 heavy (non-hydrogen) atoms. The fraction of sp³-hybridized carbons (Fsp3) is 0.125. The minimum Gasteiger partial charge on any atom is -0.462 e. The molecular weight excluding hydrogens is 341 g/mol. The van der Waals surface area contributed by atoms with Crippen molar-refractivity contribution in [2.45, 2.75) is 16.5 Å². The third-order valence-corrected chi connectivity index (χ3v) is 4.04. The Hall–Kier alpha value is -2.48. The SMILES string of the molecule is NC1=C(c2cccc(SC(F)(F)F)c2)C(=O)C(c2cccnc2)O1. The summed E-state index contributed by atoms with van der Waals surface area (Å²) in [6.07, 6.45) is 2.10. The Morgan fingerprint density at radius 1 is 1.21 bits per heavy atom. The van der Waals surface area contributed by atoms with Crippen molar-refractivity contribution >= 4 is 23.1 Å². The Balaban J connectivity index is 1.91. The molecule has 0 saturated heterocycles. The maximum Gasteiger partial charge on any atom is 0.446 e. The molecular formula is C16H11F3N2O2S. The highest BCUT2D eigenvalue weighted by Crippen LogP contribution is 2.40. The summed E-state index contributed by atoms with van der Waals surface area (Å²) in [7, 11) is 0. The molecule has 4 nitrogen and oxygen atoms in total. The number of benzene rings is 1. The van der Waals surface area contributed by atoms with Gasteiger partial charge in [0.15, 0.2) is 12.0 Å². The van der Waals surface area contributed by atoms with E-state index in [1.165, 1.54) is 30.5 Å². The van der Waals surface area contributed by atoms with Crippen LogP contribution in [-0.2, 0) is 9.53 Å². The number of ketones is 1. The monoisotopic (exact) mass is 352 g/mol. The van der Waals surface area contributed by atoms with Crippen molar-refractivity contribution in [2.75, 3.05) is 0 Å². The van der Waals surface area contributed by atoms with Gasteiger partial charge in [0.05, 0.1) is 5.57 Å². The van der Waals surface area contributed by atoms with Crippen LogP contribution >= 0.6 is 11.8 Å². The van der Waals surface area contributed by atoms with Crippen LogP contribution in [0.1, 0.15) is 17.2 Å². The predicted molar refractivity (Wildman–Crippen MR) is 82.5 cm³/mol. The summed E-state index contributed by atoms with van der Waals surface area (Å²) < 4.78 is 43.0. The fourth-order valence-corrected chi connectivity index (χ4v) is 2.98. The number of carbonyl (C=O) groups excluding carboxylic acids is 1. The molecule has 1 aliphatic rings. The van der Waals surface area contributed by atoms with Crippen LogP contribution in [0.5, 0.6) is 0 Å². The third kappa shape index (κ3) is 3.38. The second-order valence-corrected chi connectivity index (χ2v) is 6.10. The molecule has 3 rings (SSSR count). The van der Waals surface area contributed by atoms with Crippen LogP contribution < -0.4 is 5.73 Å². The Morgan fingerprint density at radius 2 is 2.00 bits per heavy atom. The van der Waals surface area contributed by atoms with Gasteiger partial charge in [-0.3, -0.25) is 9.78 Å². The van der Waals surface area contributed by atoms with E-state index >= 15 is 0 Å². The summed E-state index contributed by atoms with van der Waals surface area (Å²) in [4.78, 5) is 16.5. The van der Waals surface area contributed by atoms with E-state index in [1.807, 2.05) is 0 Å². The van der Waals surface area contributed by atoms with Crippen LogP contribution in [0.4, 0.5) is 13.2 Å². The highest BCUT2D eigenvalue weighted by atomic mass is 32.2. The van der Waals surface area contributed by atoms with Gasteiger partial charge in [0, 0.05) is 22.9 Å². The molecule has 2 aromatic rings. The van der Waals surface area contributed by atoms with Gasteiger partial charge in [-0.2, -0.15) is 13.2 Å². The number of rotatable bonds is 3. The Kier molecular flexibility index (Phi) is 4.23. The molecule has 0 radical (unpaired) electrons. The minimum atomic E-state index is -4.41. The van der Waals surface area contributed by atoms with Crippen LogP contribution in [0.15, 0.2) is 59.6 Å². The summed E-state index contributed by atoms with van der Waals surface area (Å²) in [6, 6.07) is 8.87. The van der Waals surface area contributed by atoms with Crippen LogP contribution in [0, 0.1) is 0 Å². The Labute approximate surface area is 139 Å². The van der Waals surface area contributed by atoms with Gasteiger partial charge in [-0.25, -0.2) is 0 Å². The highest BCUT2D eigenvalue weighted by Gasteiger charge is 2.36. The number of halogens is 3. The molecule has 0 aliphatic carbocycles. The zero-order valence-corrected chi connectivity index (χ0v) is 12.9. The average molecular weight is 352 g/mol. The molecule has 1 aromatic heterocycles. The topological polar surface area (TPSA) is 65.2 Å². The van der Waals surface area contributed by atoms with Crippen LogP contribution in [-0.4, -0.2) is 16.3 Å². The lowest BCUT2D eigenvalue weighted by molar-refractivity contribution is -0.120. The molecule has 0 amide bonds. The van der Waals surface area contributed by atoms with E-state index in [0.29, 0.717) is 5.56 Å². The number of pyridine rings is 1. The Bertz CT molecular complexity index is 806. The van der Waals surface area contributed by atoms with Gasteiger partial charge in [0.2, 0.25) is 5.78 Å². The second kappa shape index (κ2) is 6.20. The number of thioether (sulfide) groups is 1. The quantitative estimate of drug-likeness (QED) is 0.854. The van der Waals surface area contributed by atoms with Crippen molar-refractivity contribution in [3.8, 4) is 0 Å². The van der Waals surface area contributed by atoms with Crippen molar-refractivity contribution in [2.24, 2.45) is 5.73 Å². The first kappa shape index (κ1) is 16.4. The normalized spacial score (nSPS) is 18.0. The summed E-state index contributed by atoms with van der Waals surface area (Å²) in [6.45, 7) is 0. The summed E-state index contributed by atoms with van der Waals surface area (Å²) >= 11 is -0.252. The first-order valence-corrected chi connectivity index (χ1v) is 7.63.